The predicted octanol–water partition coefficient (Wildman–Crippen LogP) is 1.76. The Hall–Kier alpha value is -0.660. The SMILES string of the molecule is CC1C=NC(C(C)C)=NC1. The fourth-order valence-electron chi connectivity index (χ4n) is 0.861. The summed E-state index contributed by atoms with van der Waals surface area (Å²) in [6, 6.07) is 0. The van der Waals surface area contributed by atoms with Crippen LogP contribution in [0.25, 0.3) is 0 Å². The standard InChI is InChI=1S/C8H14N2/c1-6(2)8-9-4-7(3)5-10-8/h4,6-7H,5H2,1-3H3. The van der Waals surface area contributed by atoms with Crippen LogP contribution in [0.2, 0.25) is 0 Å². The first kappa shape index (κ1) is 7.45. The van der Waals surface area contributed by atoms with Gasteiger partial charge >= 0.3 is 0 Å². The molecule has 2 nitrogen and oxygen atoms in total. The highest BCUT2D eigenvalue weighted by atomic mass is 14.9. The summed E-state index contributed by atoms with van der Waals surface area (Å²) >= 11 is 0. The monoisotopic (exact) mass is 138 g/mol. The van der Waals surface area contributed by atoms with Crippen molar-refractivity contribution in [1.82, 2.24) is 0 Å². The van der Waals surface area contributed by atoms with Crippen molar-refractivity contribution < 1.29 is 0 Å². The minimum atomic E-state index is 0.476. The lowest BCUT2D eigenvalue weighted by atomic mass is 10.1. The minimum absolute atomic E-state index is 0.476. The summed E-state index contributed by atoms with van der Waals surface area (Å²) in [4.78, 5) is 8.56. The first-order valence-corrected chi connectivity index (χ1v) is 3.78. The topological polar surface area (TPSA) is 24.7 Å². The lowest BCUT2D eigenvalue weighted by Gasteiger charge is -2.11. The molecule has 1 aliphatic heterocycles. The number of nitrogens with zero attached hydrogens (tertiary/aromatic N) is 2. The van der Waals surface area contributed by atoms with Gasteiger partial charge in [0, 0.05) is 24.6 Å². The van der Waals surface area contributed by atoms with E-state index >= 15 is 0 Å². The lowest BCUT2D eigenvalue weighted by molar-refractivity contribution is 0.759. The van der Waals surface area contributed by atoms with Crippen LogP contribution in [-0.4, -0.2) is 18.6 Å². The zero-order chi connectivity index (χ0) is 7.56. The van der Waals surface area contributed by atoms with E-state index in [0.29, 0.717) is 11.8 Å². The van der Waals surface area contributed by atoms with E-state index in [2.05, 4.69) is 30.8 Å². The van der Waals surface area contributed by atoms with E-state index in [9.17, 15) is 0 Å². The van der Waals surface area contributed by atoms with Crippen molar-refractivity contribution >= 4 is 12.1 Å². The van der Waals surface area contributed by atoms with E-state index in [1.807, 2.05) is 6.21 Å². The van der Waals surface area contributed by atoms with Crippen molar-refractivity contribution in [2.24, 2.45) is 21.8 Å². The number of hydrogen-bond acceptors (Lipinski definition) is 2. The van der Waals surface area contributed by atoms with Crippen LogP contribution in [0.15, 0.2) is 9.98 Å². The maximum absolute atomic E-state index is 4.33. The second kappa shape index (κ2) is 2.95. The predicted molar refractivity (Wildman–Crippen MR) is 44.8 cm³/mol. The van der Waals surface area contributed by atoms with Crippen LogP contribution < -0.4 is 0 Å². The second-order valence-corrected chi connectivity index (χ2v) is 3.11. The first-order valence-electron chi connectivity index (χ1n) is 3.78. The number of aliphatic imine (C=N–C) groups is 2. The second-order valence-electron chi connectivity index (χ2n) is 3.11. The van der Waals surface area contributed by atoms with Gasteiger partial charge in [0.05, 0.1) is 0 Å². The number of amidine groups is 1. The van der Waals surface area contributed by atoms with E-state index in [1.54, 1.807) is 0 Å². The average molecular weight is 138 g/mol. The van der Waals surface area contributed by atoms with Gasteiger partial charge in [-0.15, -0.1) is 0 Å². The largest absolute Gasteiger partial charge is 0.270 e. The van der Waals surface area contributed by atoms with Crippen LogP contribution >= 0.6 is 0 Å². The molecule has 1 heterocycles. The molecule has 1 atom stereocenters. The molecule has 56 valence electrons. The Balaban J connectivity index is 2.59. The lowest BCUT2D eigenvalue weighted by Crippen LogP contribution is -2.15. The van der Waals surface area contributed by atoms with Gasteiger partial charge in [-0.25, -0.2) is 4.99 Å². The summed E-state index contributed by atoms with van der Waals surface area (Å²) in [6.07, 6.45) is 1.99. The van der Waals surface area contributed by atoms with Gasteiger partial charge in [-0.1, -0.05) is 20.8 Å². The summed E-state index contributed by atoms with van der Waals surface area (Å²) in [5.74, 6) is 2.00. The van der Waals surface area contributed by atoms with Gasteiger partial charge in [0.25, 0.3) is 0 Å². The molecule has 0 aromatic carbocycles. The Bertz CT molecular complexity index is 168. The summed E-state index contributed by atoms with van der Waals surface area (Å²) in [5, 5.41) is 0. The zero-order valence-electron chi connectivity index (χ0n) is 6.83. The van der Waals surface area contributed by atoms with E-state index in [-0.39, 0.29) is 0 Å². The highest BCUT2D eigenvalue weighted by Gasteiger charge is 2.08. The highest BCUT2D eigenvalue weighted by molar-refractivity contribution is 5.92. The first-order chi connectivity index (χ1) is 4.70. The fourth-order valence-corrected chi connectivity index (χ4v) is 0.861. The van der Waals surface area contributed by atoms with Crippen LogP contribution in [0, 0.1) is 11.8 Å². The van der Waals surface area contributed by atoms with Gasteiger partial charge < -0.3 is 0 Å². The van der Waals surface area contributed by atoms with Crippen molar-refractivity contribution in [3.05, 3.63) is 0 Å². The molecule has 1 aliphatic rings. The van der Waals surface area contributed by atoms with Gasteiger partial charge in [-0.05, 0) is 0 Å². The van der Waals surface area contributed by atoms with Crippen molar-refractivity contribution in [2.45, 2.75) is 20.8 Å². The molecule has 0 bridgehead atoms. The minimum Gasteiger partial charge on any atom is -0.270 e. The third-order valence-corrected chi connectivity index (χ3v) is 1.52. The van der Waals surface area contributed by atoms with Gasteiger partial charge in [0.1, 0.15) is 5.84 Å². The van der Waals surface area contributed by atoms with Crippen molar-refractivity contribution in [3.63, 3.8) is 0 Å². The molecule has 0 spiro atoms. The summed E-state index contributed by atoms with van der Waals surface area (Å²) in [5.41, 5.74) is 0. The zero-order valence-corrected chi connectivity index (χ0v) is 6.83. The van der Waals surface area contributed by atoms with E-state index in [1.165, 1.54) is 0 Å². The smallest absolute Gasteiger partial charge is 0.125 e. The Labute approximate surface area is 62.1 Å². The van der Waals surface area contributed by atoms with E-state index < -0.39 is 0 Å². The molecule has 10 heavy (non-hydrogen) atoms. The third-order valence-electron chi connectivity index (χ3n) is 1.52. The quantitative estimate of drug-likeness (QED) is 0.527. The maximum Gasteiger partial charge on any atom is 0.125 e. The Morgan fingerprint density at radius 2 is 2.30 bits per heavy atom. The normalized spacial score (nSPS) is 25.2. The Morgan fingerprint density at radius 1 is 1.60 bits per heavy atom. The summed E-state index contributed by atoms with van der Waals surface area (Å²) in [6.45, 7) is 7.28. The van der Waals surface area contributed by atoms with Crippen LogP contribution in [0.4, 0.5) is 0 Å². The third kappa shape index (κ3) is 1.66. The molecule has 0 aromatic heterocycles. The molecule has 0 N–H and O–H groups in total. The van der Waals surface area contributed by atoms with Crippen LogP contribution in [0.3, 0.4) is 0 Å². The van der Waals surface area contributed by atoms with Crippen molar-refractivity contribution in [2.75, 3.05) is 6.54 Å². The molecular weight excluding hydrogens is 124 g/mol. The molecule has 1 unspecified atom stereocenters. The fraction of sp³-hybridized carbons (Fsp3) is 0.750. The summed E-state index contributed by atoms with van der Waals surface area (Å²) < 4.78 is 0. The number of hydrogen-bond donors (Lipinski definition) is 0. The average Bonchev–Trinajstić information content (AvgIpc) is 1.88. The van der Waals surface area contributed by atoms with Crippen molar-refractivity contribution in [3.8, 4) is 0 Å². The molecule has 0 saturated carbocycles. The molecular formula is C8H14N2. The van der Waals surface area contributed by atoms with Gasteiger partial charge in [-0.3, -0.25) is 4.99 Å². The van der Waals surface area contributed by atoms with Crippen LogP contribution in [-0.2, 0) is 0 Å². The Kier molecular flexibility index (Phi) is 2.20. The van der Waals surface area contributed by atoms with Crippen LogP contribution in [0.5, 0.6) is 0 Å². The maximum atomic E-state index is 4.33. The molecule has 0 amide bonds. The molecule has 0 fully saturated rings. The molecule has 0 aromatic rings. The highest BCUT2D eigenvalue weighted by Crippen LogP contribution is 2.05. The molecule has 1 rings (SSSR count). The molecule has 0 radical (unpaired) electrons. The molecule has 0 aliphatic carbocycles. The molecule has 0 saturated heterocycles. The van der Waals surface area contributed by atoms with Gasteiger partial charge in [-0.2, -0.15) is 0 Å². The Morgan fingerprint density at radius 3 is 2.70 bits per heavy atom. The van der Waals surface area contributed by atoms with E-state index in [4.69, 9.17) is 0 Å². The van der Waals surface area contributed by atoms with Crippen LogP contribution in [0.1, 0.15) is 20.8 Å². The van der Waals surface area contributed by atoms with Gasteiger partial charge in [0.15, 0.2) is 0 Å². The van der Waals surface area contributed by atoms with Crippen molar-refractivity contribution in [1.29, 1.82) is 0 Å². The number of rotatable bonds is 1. The van der Waals surface area contributed by atoms with Gasteiger partial charge in [0.2, 0.25) is 0 Å². The van der Waals surface area contributed by atoms with E-state index in [0.717, 1.165) is 12.4 Å². The summed E-state index contributed by atoms with van der Waals surface area (Å²) in [7, 11) is 0. The molecule has 2 heteroatoms.